The van der Waals surface area contributed by atoms with Crippen LogP contribution in [0.15, 0.2) is 18.3 Å². The molecule has 2 rings (SSSR count). The van der Waals surface area contributed by atoms with Crippen molar-refractivity contribution >= 4 is 5.82 Å². The zero-order valence-corrected chi connectivity index (χ0v) is 10.6. The summed E-state index contributed by atoms with van der Waals surface area (Å²) in [6, 6.07) is 4.02. The monoisotopic (exact) mass is 234 g/mol. The minimum atomic E-state index is 0.796. The van der Waals surface area contributed by atoms with E-state index >= 15 is 0 Å². The first-order valence-corrected chi connectivity index (χ1v) is 6.63. The van der Waals surface area contributed by atoms with E-state index in [1.807, 2.05) is 6.07 Å². The Kier molecular flexibility index (Phi) is 4.74. The van der Waals surface area contributed by atoms with Crippen molar-refractivity contribution in [2.75, 3.05) is 31.1 Å². The van der Waals surface area contributed by atoms with E-state index in [0.29, 0.717) is 0 Å². The standard InChI is InChI=1S/C13H22N4/c1-2-10-17(13-4-3-7-15-16-13)11-12-5-8-14-9-6-12/h3-4,7,12,14H,2,5-6,8-11H2,1H3. The molecule has 0 radical (unpaired) electrons. The molecular formula is C13H22N4. The summed E-state index contributed by atoms with van der Waals surface area (Å²) >= 11 is 0. The van der Waals surface area contributed by atoms with Crippen molar-refractivity contribution in [1.29, 1.82) is 0 Å². The smallest absolute Gasteiger partial charge is 0.151 e. The zero-order chi connectivity index (χ0) is 11.9. The lowest BCUT2D eigenvalue weighted by Crippen LogP contribution is -2.37. The molecule has 2 heterocycles. The summed E-state index contributed by atoms with van der Waals surface area (Å²) in [5.41, 5.74) is 0. The number of nitrogens with zero attached hydrogens (tertiary/aromatic N) is 3. The lowest BCUT2D eigenvalue weighted by atomic mass is 9.97. The van der Waals surface area contributed by atoms with Crippen LogP contribution in [0.4, 0.5) is 5.82 Å². The summed E-state index contributed by atoms with van der Waals surface area (Å²) in [5.74, 6) is 1.82. The van der Waals surface area contributed by atoms with Crippen molar-refractivity contribution in [3.8, 4) is 0 Å². The molecule has 4 nitrogen and oxygen atoms in total. The number of nitrogens with one attached hydrogen (secondary N) is 1. The minimum Gasteiger partial charge on any atom is -0.355 e. The van der Waals surface area contributed by atoms with E-state index in [4.69, 9.17) is 0 Å². The predicted molar refractivity (Wildman–Crippen MR) is 70.1 cm³/mol. The van der Waals surface area contributed by atoms with Gasteiger partial charge in [0.1, 0.15) is 0 Å². The third-order valence-electron chi connectivity index (χ3n) is 3.31. The number of hydrogen-bond acceptors (Lipinski definition) is 4. The summed E-state index contributed by atoms with van der Waals surface area (Å²) < 4.78 is 0. The van der Waals surface area contributed by atoms with Crippen molar-refractivity contribution in [3.05, 3.63) is 18.3 Å². The van der Waals surface area contributed by atoms with Crippen LogP contribution in [0, 0.1) is 5.92 Å². The van der Waals surface area contributed by atoms with Crippen molar-refractivity contribution in [1.82, 2.24) is 15.5 Å². The van der Waals surface area contributed by atoms with Gasteiger partial charge in [-0.25, -0.2) is 0 Å². The van der Waals surface area contributed by atoms with E-state index < -0.39 is 0 Å². The van der Waals surface area contributed by atoms with Crippen LogP contribution >= 0.6 is 0 Å². The highest BCUT2D eigenvalue weighted by molar-refractivity contribution is 5.36. The van der Waals surface area contributed by atoms with Crippen LogP contribution in [-0.2, 0) is 0 Å². The summed E-state index contributed by atoms with van der Waals surface area (Å²) in [6.45, 7) is 6.72. The molecule has 17 heavy (non-hydrogen) atoms. The molecule has 1 saturated heterocycles. The van der Waals surface area contributed by atoms with Crippen LogP contribution in [0.5, 0.6) is 0 Å². The van der Waals surface area contributed by atoms with Crippen LogP contribution in [0.25, 0.3) is 0 Å². The first kappa shape index (κ1) is 12.3. The predicted octanol–water partition coefficient (Wildman–Crippen LogP) is 1.69. The van der Waals surface area contributed by atoms with Crippen molar-refractivity contribution < 1.29 is 0 Å². The van der Waals surface area contributed by atoms with E-state index in [9.17, 15) is 0 Å². The van der Waals surface area contributed by atoms with Crippen molar-refractivity contribution in [2.45, 2.75) is 26.2 Å². The Morgan fingerprint density at radius 3 is 2.88 bits per heavy atom. The second kappa shape index (κ2) is 6.55. The molecule has 0 amide bonds. The number of hydrogen-bond donors (Lipinski definition) is 1. The molecule has 0 aromatic carbocycles. The first-order chi connectivity index (χ1) is 8.40. The van der Waals surface area contributed by atoms with Gasteiger partial charge in [-0.2, -0.15) is 5.10 Å². The van der Waals surface area contributed by atoms with E-state index in [-0.39, 0.29) is 0 Å². The largest absolute Gasteiger partial charge is 0.355 e. The molecule has 1 fully saturated rings. The zero-order valence-electron chi connectivity index (χ0n) is 10.6. The first-order valence-electron chi connectivity index (χ1n) is 6.63. The average molecular weight is 234 g/mol. The molecule has 1 aromatic heterocycles. The van der Waals surface area contributed by atoms with E-state index in [0.717, 1.165) is 44.3 Å². The van der Waals surface area contributed by atoms with Crippen LogP contribution in [0.2, 0.25) is 0 Å². The third-order valence-corrected chi connectivity index (χ3v) is 3.31. The molecule has 0 unspecified atom stereocenters. The molecule has 0 spiro atoms. The van der Waals surface area contributed by atoms with E-state index in [1.165, 1.54) is 12.8 Å². The van der Waals surface area contributed by atoms with Gasteiger partial charge in [0.15, 0.2) is 5.82 Å². The molecule has 0 atom stereocenters. The van der Waals surface area contributed by atoms with Crippen molar-refractivity contribution in [2.24, 2.45) is 5.92 Å². The van der Waals surface area contributed by atoms with Crippen molar-refractivity contribution in [3.63, 3.8) is 0 Å². The molecule has 0 saturated carbocycles. The van der Waals surface area contributed by atoms with Gasteiger partial charge in [0, 0.05) is 19.3 Å². The van der Waals surface area contributed by atoms with Gasteiger partial charge in [-0.15, -0.1) is 5.10 Å². The third kappa shape index (κ3) is 3.66. The van der Waals surface area contributed by atoms with Gasteiger partial charge in [0.05, 0.1) is 0 Å². The Hall–Kier alpha value is -1.16. The maximum atomic E-state index is 4.22. The Morgan fingerprint density at radius 2 is 2.24 bits per heavy atom. The van der Waals surface area contributed by atoms with Gasteiger partial charge in [-0.1, -0.05) is 6.92 Å². The molecule has 1 aromatic rings. The topological polar surface area (TPSA) is 41.0 Å². The fraction of sp³-hybridized carbons (Fsp3) is 0.692. The lowest BCUT2D eigenvalue weighted by Gasteiger charge is -2.30. The lowest BCUT2D eigenvalue weighted by molar-refractivity contribution is 0.372. The normalized spacial score (nSPS) is 17.0. The average Bonchev–Trinajstić information content (AvgIpc) is 2.40. The SMILES string of the molecule is CCCN(CC1CCNCC1)c1cccnn1. The fourth-order valence-corrected chi connectivity index (χ4v) is 2.41. The molecule has 0 bridgehead atoms. The fourth-order valence-electron chi connectivity index (χ4n) is 2.41. The molecule has 4 heteroatoms. The molecule has 1 aliphatic heterocycles. The second-order valence-electron chi connectivity index (χ2n) is 4.72. The maximum absolute atomic E-state index is 4.22. The highest BCUT2D eigenvalue weighted by Crippen LogP contribution is 2.17. The van der Waals surface area contributed by atoms with Gasteiger partial charge >= 0.3 is 0 Å². The quantitative estimate of drug-likeness (QED) is 0.842. The van der Waals surface area contributed by atoms with Crippen LogP contribution in [-0.4, -0.2) is 36.4 Å². The van der Waals surface area contributed by atoms with Gasteiger partial charge < -0.3 is 10.2 Å². The molecule has 1 N–H and O–H groups in total. The summed E-state index contributed by atoms with van der Waals surface area (Å²) in [7, 11) is 0. The Labute approximate surface area is 103 Å². The maximum Gasteiger partial charge on any atom is 0.151 e. The van der Waals surface area contributed by atoms with E-state index in [1.54, 1.807) is 6.20 Å². The Morgan fingerprint density at radius 1 is 1.41 bits per heavy atom. The molecular weight excluding hydrogens is 212 g/mol. The second-order valence-corrected chi connectivity index (χ2v) is 4.72. The summed E-state index contributed by atoms with van der Waals surface area (Å²) in [5, 5.41) is 11.6. The van der Waals surface area contributed by atoms with Gasteiger partial charge in [0.2, 0.25) is 0 Å². The number of anilines is 1. The van der Waals surface area contributed by atoms with Crippen LogP contribution < -0.4 is 10.2 Å². The Balaban J connectivity index is 1.96. The number of piperidine rings is 1. The van der Waals surface area contributed by atoms with Crippen LogP contribution in [0.3, 0.4) is 0 Å². The highest BCUT2D eigenvalue weighted by atomic mass is 15.3. The number of rotatable bonds is 5. The summed E-state index contributed by atoms with van der Waals surface area (Å²) in [6.07, 6.45) is 5.45. The number of aromatic nitrogens is 2. The van der Waals surface area contributed by atoms with E-state index in [2.05, 4.69) is 33.4 Å². The van der Waals surface area contributed by atoms with Crippen LogP contribution in [0.1, 0.15) is 26.2 Å². The summed E-state index contributed by atoms with van der Waals surface area (Å²) in [4.78, 5) is 2.38. The molecule has 0 aliphatic carbocycles. The Bertz CT molecular complexity index is 308. The van der Waals surface area contributed by atoms with Gasteiger partial charge in [-0.05, 0) is 50.4 Å². The molecule has 94 valence electrons. The minimum absolute atomic E-state index is 0.796. The highest BCUT2D eigenvalue weighted by Gasteiger charge is 2.17. The molecule has 1 aliphatic rings. The van der Waals surface area contributed by atoms with Gasteiger partial charge in [-0.3, -0.25) is 0 Å². The van der Waals surface area contributed by atoms with Gasteiger partial charge in [0.25, 0.3) is 0 Å².